The number of hydrogen-bond acceptors (Lipinski definition) is 3. The van der Waals surface area contributed by atoms with Crippen LogP contribution in [0.3, 0.4) is 0 Å². The molecule has 19 heavy (non-hydrogen) atoms. The molecule has 0 saturated carbocycles. The molecule has 0 atom stereocenters. The molecule has 1 heterocycles. The lowest BCUT2D eigenvalue weighted by Gasteiger charge is -2.04. The minimum atomic E-state index is 0.0836. The smallest absolute Gasteiger partial charge is 0.182 e. The van der Waals surface area contributed by atoms with Gasteiger partial charge in [-0.2, -0.15) is 0 Å². The van der Waals surface area contributed by atoms with Crippen molar-refractivity contribution >= 4 is 39.6 Å². The number of aromatic nitrogens is 1. The van der Waals surface area contributed by atoms with Crippen molar-refractivity contribution in [2.45, 2.75) is 6.54 Å². The van der Waals surface area contributed by atoms with E-state index in [-0.39, 0.29) is 5.78 Å². The number of nitrogens with zero attached hydrogens (tertiary/aromatic N) is 1. The van der Waals surface area contributed by atoms with Crippen LogP contribution in [0.4, 0.5) is 0 Å². The molecule has 2 aromatic carbocycles. The largest absolute Gasteiger partial charge is 0.315 e. The van der Waals surface area contributed by atoms with Gasteiger partial charge in [0.25, 0.3) is 0 Å². The average Bonchev–Trinajstić information content (AvgIpc) is 2.76. The first-order chi connectivity index (χ1) is 9.25. The maximum absolute atomic E-state index is 12.2. The number of carbonyl (C=O) groups is 1. The van der Waals surface area contributed by atoms with Crippen molar-refractivity contribution in [2.24, 2.45) is 0 Å². The standard InChI is InChI=1S/C15H11NOS2/c17-13(11-6-2-1-3-7-11)10-16-12-8-4-5-9-14(12)19-15(16)18/h1-9H,10H2. The number of Topliss-reactive ketones (excluding diaryl/α,β-unsaturated/α-hetero) is 1. The third-order valence-corrected chi connectivity index (χ3v) is 4.40. The molecule has 1 aromatic heterocycles. The molecule has 0 spiro atoms. The summed E-state index contributed by atoms with van der Waals surface area (Å²) in [5, 5.41) is 0. The highest BCUT2D eigenvalue weighted by Crippen LogP contribution is 2.23. The van der Waals surface area contributed by atoms with Gasteiger partial charge in [0.1, 0.15) is 0 Å². The number of thiazole rings is 1. The predicted molar refractivity (Wildman–Crippen MR) is 81.4 cm³/mol. The zero-order chi connectivity index (χ0) is 13.2. The molecule has 0 bridgehead atoms. The van der Waals surface area contributed by atoms with E-state index in [1.165, 1.54) is 0 Å². The number of ketones is 1. The van der Waals surface area contributed by atoms with Crippen molar-refractivity contribution in [2.75, 3.05) is 0 Å². The topological polar surface area (TPSA) is 22.0 Å². The third kappa shape index (κ3) is 2.37. The van der Waals surface area contributed by atoms with E-state index in [0.29, 0.717) is 6.54 Å². The Hall–Kier alpha value is -1.78. The van der Waals surface area contributed by atoms with E-state index in [1.807, 2.05) is 59.2 Å². The van der Waals surface area contributed by atoms with Gasteiger partial charge in [0.05, 0.1) is 16.8 Å². The van der Waals surface area contributed by atoms with Crippen LogP contribution in [0.1, 0.15) is 10.4 Å². The monoisotopic (exact) mass is 285 g/mol. The summed E-state index contributed by atoms with van der Waals surface area (Å²) in [6.45, 7) is 0.298. The highest BCUT2D eigenvalue weighted by Gasteiger charge is 2.10. The molecule has 0 amide bonds. The van der Waals surface area contributed by atoms with Crippen molar-refractivity contribution in [1.82, 2.24) is 4.57 Å². The highest BCUT2D eigenvalue weighted by molar-refractivity contribution is 7.73. The van der Waals surface area contributed by atoms with E-state index in [0.717, 1.165) is 19.7 Å². The molecule has 3 rings (SSSR count). The molecule has 0 fully saturated rings. The molecule has 0 saturated heterocycles. The molecule has 0 unspecified atom stereocenters. The Balaban J connectivity index is 2.00. The average molecular weight is 285 g/mol. The summed E-state index contributed by atoms with van der Waals surface area (Å²) in [4.78, 5) is 12.2. The van der Waals surface area contributed by atoms with E-state index in [2.05, 4.69) is 0 Å². The second-order valence-corrected chi connectivity index (χ2v) is 5.89. The zero-order valence-electron chi connectivity index (χ0n) is 10.1. The normalized spacial score (nSPS) is 10.7. The number of benzene rings is 2. The van der Waals surface area contributed by atoms with Crippen molar-refractivity contribution < 1.29 is 4.79 Å². The Bertz CT molecular complexity index is 787. The summed E-state index contributed by atoms with van der Waals surface area (Å²) in [7, 11) is 0. The summed E-state index contributed by atoms with van der Waals surface area (Å²) >= 11 is 6.89. The second kappa shape index (κ2) is 5.07. The van der Waals surface area contributed by atoms with Crippen molar-refractivity contribution in [3.8, 4) is 0 Å². The summed E-state index contributed by atoms with van der Waals surface area (Å²) in [6.07, 6.45) is 0. The predicted octanol–water partition coefficient (Wildman–Crippen LogP) is 4.32. The minimum Gasteiger partial charge on any atom is -0.315 e. The molecule has 4 heteroatoms. The number of para-hydroxylation sites is 1. The summed E-state index contributed by atoms with van der Waals surface area (Å²) in [5.41, 5.74) is 1.75. The van der Waals surface area contributed by atoms with Crippen LogP contribution in [-0.2, 0) is 6.54 Å². The zero-order valence-corrected chi connectivity index (χ0v) is 11.7. The van der Waals surface area contributed by atoms with Crippen LogP contribution in [0.2, 0.25) is 0 Å². The Morgan fingerprint density at radius 3 is 2.53 bits per heavy atom. The molecular weight excluding hydrogens is 274 g/mol. The van der Waals surface area contributed by atoms with E-state index in [9.17, 15) is 4.79 Å². The van der Waals surface area contributed by atoms with Gasteiger partial charge in [-0.3, -0.25) is 4.79 Å². The Labute approximate surface area is 119 Å². The lowest BCUT2D eigenvalue weighted by Crippen LogP contribution is -2.10. The first-order valence-corrected chi connectivity index (χ1v) is 7.15. The van der Waals surface area contributed by atoms with Gasteiger partial charge in [0, 0.05) is 5.56 Å². The molecular formula is C15H11NOS2. The summed E-state index contributed by atoms with van der Waals surface area (Å²) < 4.78 is 3.77. The van der Waals surface area contributed by atoms with Gasteiger partial charge in [-0.1, -0.05) is 42.5 Å². The number of carbonyl (C=O) groups excluding carboxylic acids is 1. The van der Waals surface area contributed by atoms with Crippen molar-refractivity contribution in [3.05, 3.63) is 64.1 Å². The molecule has 3 aromatic rings. The van der Waals surface area contributed by atoms with Crippen LogP contribution in [-0.4, -0.2) is 10.4 Å². The Morgan fingerprint density at radius 2 is 1.74 bits per heavy atom. The van der Waals surface area contributed by atoms with Gasteiger partial charge >= 0.3 is 0 Å². The maximum Gasteiger partial charge on any atom is 0.182 e. The van der Waals surface area contributed by atoms with Crippen LogP contribution in [0.25, 0.3) is 10.2 Å². The fourth-order valence-corrected chi connectivity index (χ4v) is 3.35. The quantitative estimate of drug-likeness (QED) is 0.528. The van der Waals surface area contributed by atoms with E-state index in [4.69, 9.17) is 12.2 Å². The second-order valence-electron chi connectivity index (χ2n) is 4.21. The van der Waals surface area contributed by atoms with Crippen molar-refractivity contribution in [1.29, 1.82) is 0 Å². The molecule has 0 aliphatic rings. The lowest BCUT2D eigenvalue weighted by atomic mass is 10.1. The Morgan fingerprint density at radius 1 is 1.05 bits per heavy atom. The maximum atomic E-state index is 12.2. The van der Waals surface area contributed by atoms with Gasteiger partial charge in [-0.05, 0) is 24.4 Å². The molecule has 94 valence electrons. The van der Waals surface area contributed by atoms with Gasteiger partial charge in [0.2, 0.25) is 0 Å². The molecule has 0 aliphatic carbocycles. The molecule has 0 N–H and O–H groups in total. The van der Waals surface area contributed by atoms with E-state index in [1.54, 1.807) is 11.3 Å². The van der Waals surface area contributed by atoms with Crippen LogP contribution in [0.15, 0.2) is 54.6 Å². The number of rotatable bonds is 3. The third-order valence-electron chi connectivity index (χ3n) is 2.97. The molecule has 2 nitrogen and oxygen atoms in total. The molecule has 0 aliphatic heterocycles. The van der Waals surface area contributed by atoms with E-state index >= 15 is 0 Å². The fraction of sp³-hybridized carbons (Fsp3) is 0.0667. The van der Waals surface area contributed by atoms with Gasteiger partial charge in [-0.15, -0.1) is 11.3 Å². The SMILES string of the molecule is O=C(Cn1c(=S)sc2ccccc21)c1ccccc1. The van der Waals surface area contributed by atoms with E-state index < -0.39 is 0 Å². The minimum absolute atomic E-state index is 0.0836. The summed E-state index contributed by atoms with van der Waals surface area (Å²) in [5.74, 6) is 0.0836. The lowest BCUT2D eigenvalue weighted by molar-refractivity contribution is 0.0973. The van der Waals surface area contributed by atoms with Gasteiger partial charge in [0.15, 0.2) is 9.74 Å². The number of hydrogen-bond donors (Lipinski definition) is 0. The van der Waals surface area contributed by atoms with Crippen LogP contribution >= 0.6 is 23.6 Å². The first-order valence-electron chi connectivity index (χ1n) is 5.92. The van der Waals surface area contributed by atoms with Crippen LogP contribution in [0, 0.1) is 3.95 Å². The van der Waals surface area contributed by atoms with Crippen molar-refractivity contribution in [3.63, 3.8) is 0 Å². The van der Waals surface area contributed by atoms with Crippen LogP contribution < -0.4 is 0 Å². The van der Waals surface area contributed by atoms with Gasteiger partial charge < -0.3 is 4.57 Å². The van der Waals surface area contributed by atoms with Crippen LogP contribution in [0.5, 0.6) is 0 Å². The molecule has 0 radical (unpaired) electrons. The Kier molecular flexibility index (Phi) is 3.27. The number of fused-ring (bicyclic) bond motifs is 1. The van der Waals surface area contributed by atoms with Gasteiger partial charge in [-0.25, -0.2) is 0 Å². The fourth-order valence-electron chi connectivity index (χ4n) is 2.02. The highest BCUT2D eigenvalue weighted by atomic mass is 32.1. The summed E-state index contributed by atoms with van der Waals surface area (Å²) in [6, 6.07) is 17.3. The first kappa shape index (κ1) is 12.3.